The number of phenols is 1. The standard InChI is InChI=1S/C11H13NO/c13-10-5-4-7-6-12-9-3-1-2-8(10)11(7)9/h4-5,9,12-13H,1-3,6H2. The minimum absolute atomic E-state index is 0.493. The second-order valence-electron chi connectivity index (χ2n) is 3.96. The molecule has 68 valence electrons. The molecular formula is C11H13NO. The van der Waals surface area contributed by atoms with Crippen LogP contribution in [-0.2, 0) is 13.0 Å². The molecule has 13 heavy (non-hydrogen) atoms. The van der Waals surface area contributed by atoms with Gasteiger partial charge in [-0.1, -0.05) is 6.07 Å². The number of nitrogens with one attached hydrogen (secondary N) is 1. The predicted octanol–water partition coefficient (Wildman–Crippen LogP) is 1.87. The van der Waals surface area contributed by atoms with E-state index in [-0.39, 0.29) is 0 Å². The third-order valence-corrected chi connectivity index (χ3v) is 3.23. The van der Waals surface area contributed by atoms with Crippen LogP contribution in [0.2, 0.25) is 0 Å². The van der Waals surface area contributed by atoms with E-state index < -0.39 is 0 Å². The topological polar surface area (TPSA) is 32.3 Å². The van der Waals surface area contributed by atoms with Gasteiger partial charge in [0.15, 0.2) is 0 Å². The highest BCUT2D eigenvalue weighted by Gasteiger charge is 2.29. The van der Waals surface area contributed by atoms with Crippen LogP contribution >= 0.6 is 0 Å². The Morgan fingerprint density at radius 2 is 2.31 bits per heavy atom. The Bertz CT molecular complexity index is 359. The van der Waals surface area contributed by atoms with Crippen molar-refractivity contribution in [3.8, 4) is 5.75 Å². The summed E-state index contributed by atoms with van der Waals surface area (Å²) in [6, 6.07) is 4.40. The zero-order chi connectivity index (χ0) is 8.84. The molecule has 1 atom stereocenters. The van der Waals surface area contributed by atoms with E-state index in [2.05, 4.69) is 5.32 Å². The van der Waals surface area contributed by atoms with E-state index >= 15 is 0 Å². The van der Waals surface area contributed by atoms with E-state index in [1.54, 1.807) is 0 Å². The first kappa shape index (κ1) is 7.39. The summed E-state index contributed by atoms with van der Waals surface area (Å²) in [5, 5.41) is 13.2. The van der Waals surface area contributed by atoms with Crippen LogP contribution < -0.4 is 5.32 Å². The predicted molar refractivity (Wildman–Crippen MR) is 50.6 cm³/mol. The third-order valence-electron chi connectivity index (χ3n) is 3.23. The van der Waals surface area contributed by atoms with Gasteiger partial charge in [-0.3, -0.25) is 0 Å². The van der Waals surface area contributed by atoms with Crippen LogP contribution in [-0.4, -0.2) is 5.11 Å². The Morgan fingerprint density at radius 1 is 1.38 bits per heavy atom. The van der Waals surface area contributed by atoms with E-state index in [0.29, 0.717) is 11.8 Å². The highest BCUT2D eigenvalue weighted by atomic mass is 16.3. The summed E-state index contributed by atoms with van der Waals surface area (Å²) < 4.78 is 0. The van der Waals surface area contributed by atoms with Gasteiger partial charge in [-0.25, -0.2) is 0 Å². The zero-order valence-electron chi connectivity index (χ0n) is 7.51. The van der Waals surface area contributed by atoms with Crippen LogP contribution in [0.5, 0.6) is 5.75 Å². The lowest BCUT2D eigenvalue weighted by Crippen LogP contribution is -2.16. The normalized spacial score (nSPS) is 24.5. The van der Waals surface area contributed by atoms with E-state index in [9.17, 15) is 5.11 Å². The Labute approximate surface area is 77.6 Å². The first-order valence-corrected chi connectivity index (χ1v) is 4.93. The fourth-order valence-corrected chi connectivity index (χ4v) is 2.62. The number of rotatable bonds is 0. The van der Waals surface area contributed by atoms with Crippen LogP contribution in [0, 0.1) is 0 Å². The van der Waals surface area contributed by atoms with Gasteiger partial charge in [0.25, 0.3) is 0 Å². The molecule has 2 N–H and O–H groups in total. The number of benzene rings is 1. The van der Waals surface area contributed by atoms with Gasteiger partial charge < -0.3 is 10.4 Å². The Hall–Kier alpha value is -1.02. The molecule has 1 aliphatic heterocycles. The van der Waals surface area contributed by atoms with Crippen molar-refractivity contribution >= 4 is 0 Å². The van der Waals surface area contributed by atoms with Gasteiger partial charge in [0.1, 0.15) is 5.75 Å². The monoisotopic (exact) mass is 175 g/mol. The summed E-state index contributed by atoms with van der Waals surface area (Å²) >= 11 is 0. The maximum absolute atomic E-state index is 9.70. The molecule has 2 heteroatoms. The largest absolute Gasteiger partial charge is 0.508 e. The second-order valence-corrected chi connectivity index (χ2v) is 3.96. The minimum atomic E-state index is 0.493. The Morgan fingerprint density at radius 3 is 3.23 bits per heavy atom. The van der Waals surface area contributed by atoms with Gasteiger partial charge in [-0.2, -0.15) is 0 Å². The molecule has 2 nitrogen and oxygen atoms in total. The average molecular weight is 175 g/mol. The van der Waals surface area contributed by atoms with Crippen molar-refractivity contribution in [2.45, 2.75) is 31.8 Å². The fraction of sp³-hybridized carbons (Fsp3) is 0.455. The van der Waals surface area contributed by atoms with Crippen LogP contribution in [0.3, 0.4) is 0 Å². The van der Waals surface area contributed by atoms with Crippen molar-refractivity contribution in [3.05, 3.63) is 28.8 Å². The number of phenolic OH excluding ortho intramolecular Hbond substituents is 1. The van der Waals surface area contributed by atoms with Crippen molar-refractivity contribution in [3.63, 3.8) is 0 Å². The van der Waals surface area contributed by atoms with Crippen LogP contribution in [0.25, 0.3) is 0 Å². The van der Waals surface area contributed by atoms with E-state index in [1.807, 2.05) is 12.1 Å². The smallest absolute Gasteiger partial charge is 0.119 e. The number of hydrogen-bond donors (Lipinski definition) is 2. The van der Waals surface area contributed by atoms with Gasteiger partial charge in [-0.05, 0) is 42.0 Å². The molecule has 0 fully saturated rings. The van der Waals surface area contributed by atoms with Crippen LogP contribution in [0.15, 0.2) is 12.1 Å². The number of aromatic hydroxyl groups is 1. The fourth-order valence-electron chi connectivity index (χ4n) is 2.62. The third kappa shape index (κ3) is 0.923. The first-order chi connectivity index (χ1) is 6.36. The second kappa shape index (κ2) is 2.48. The van der Waals surface area contributed by atoms with Crippen molar-refractivity contribution in [1.29, 1.82) is 0 Å². The highest BCUT2D eigenvalue weighted by molar-refractivity contribution is 5.49. The Kier molecular flexibility index (Phi) is 1.41. The summed E-state index contributed by atoms with van der Waals surface area (Å²) in [5.41, 5.74) is 3.97. The van der Waals surface area contributed by atoms with Crippen LogP contribution in [0.1, 0.15) is 35.6 Å². The molecule has 3 rings (SSSR count). The summed E-state index contributed by atoms with van der Waals surface area (Å²) in [7, 11) is 0. The highest BCUT2D eigenvalue weighted by Crippen LogP contribution is 2.40. The molecule has 2 aliphatic rings. The summed E-state index contributed by atoms with van der Waals surface area (Å²) in [4.78, 5) is 0. The molecule has 1 aromatic carbocycles. The molecule has 1 aliphatic carbocycles. The molecule has 1 unspecified atom stereocenters. The van der Waals surface area contributed by atoms with Crippen molar-refractivity contribution in [2.24, 2.45) is 0 Å². The molecule has 0 aromatic heterocycles. The zero-order valence-corrected chi connectivity index (χ0v) is 7.51. The van der Waals surface area contributed by atoms with E-state index in [1.165, 1.54) is 29.5 Å². The molecule has 1 aromatic rings. The van der Waals surface area contributed by atoms with E-state index in [0.717, 1.165) is 13.0 Å². The number of hydrogen-bond acceptors (Lipinski definition) is 2. The van der Waals surface area contributed by atoms with Crippen molar-refractivity contribution < 1.29 is 5.11 Å². The molecule has 0 amide bonds. The molecule has 0 spiro atoms. The van der Waals surface area contributed by atoms with E-state index in [4.69, 9.17) is 0 Å². The van der Waals surface area contributed by atoms with Crippen LogP contribution in [0.4, 0.5) is 0 Å². The van der Waals surface area contributed by atoms with Gasteiger partial charge in [0.2, 0.25) is 0 Å². The minimum Gasteiger partial charge on any atom is -0.508 e. The molecular weight excluding hydrogens is 162 g/mol. The maximum Gasteiger partial charge on any atom is 0.119 e. The summed E-state index contributed by atoms with van der Waals surface area (Å²) in [5.74, 6) is 0.493. The lowest BCUT2D eigenvalue weighted by molar-refractivity contribution is 0.447. The van der Waals surface area contributed by atoms with Crippen molar-refractivity contribution in [2.75, 3.05) is 0 Å². The average Bonchev–Trinajstić information content (AvgIpc) is 2.57. The van der Waals surface area contributed by atoms with Gasteiger partial charge in [0.05, 0.1) is 0 Å². The maximum atomic E-state index is 9.70. The summed E-state index contributed by atoms with van der Waals surface area (Å²) in [6.07, 6.45) is 3.47. The molecule has 0 bridgehead atoms. The molecule has 0 radical (unpaired) electrons. The molecule has 1 heterocycles. The quantitative estimate of drug-likeness (QED) is 0.631. The van der Waals surface area contributed by atoms with Gasteiger partial charge in [0, 0.05) is 12.6 Å². The molecule has 0 saturated heterocycles. The summed E-state index contributed by atoms with van der Waals surface area (Å²) in [6.45, 7) is 0.979. The SMILES string of the molecule is Oc1ccc2c3c1CCCC3NC2. The lowest BCUT2D eigenvalue weighted by Gasteiger charge is -2.22. The lowest BCUT2D eigenvalue weighted by atomic mass is 9.87. The van der Waals surface area contributed by atoms with Gasteiger partial charge >= 0.3 is 0 Å². The Balaban J connectivity index is 2.26. The van der Waals surface area contributed by atoms with Gasteiger partial charge in [-0.15, -0.1) is 0 Å². The first-order valence-electron chi connectivity index (χ1n) is 4.93. The van der Waals surface area contributed by atoms with Crippen molar-refractivity contribution in [1.82, 2.24) is 5.32 Å². The molecule has 0 saturated carbocycles.